The number of benzene rings is 1. The Morgan fingerprint density at radius 2 is 1.94 bits per heavy atom. The molecule has 3 heteroatoms. The van der Waals surface area contributed by atoms with Crippen molar-refractivity contribution in [2.45, 2.75) is 39.8 Å². The minimum Gasteiger partial charge on any atom is -0.379 e. The summed E-state index contributed by atoms with van der Waals surface area (Å²) in [5, 5.41) is 3.44. The van der Waals surface area contributed by atoms with Gasteiger partial charge in [0, 0.05) is 18.4 Å². The van der Waals surface area contributed by atoms with Gasteiger partial charge in [-0.25, -0.2) is 4.98 Å². The summed E-state index contributed by atoms with van der Waals surface area (Å²) in [7, 11) is 0. The summed E-state index contributed by atoms with van der Waals surface area (Å²) < 4.78 is 2.20. The third-order valence-electron chi connectivity index (χ3n) is 3.10. The molecule has 1 aromatic carbocycles. The zero-order valence-corrected chi connectivity index (χ0v) is 11.2. The summed E-state index contributed by atoms with van der Waals surface area (Å²) >= 11 is 0. The van der Waals surface area contributed by atoms with E-state index in [0.717, 1.165) is 31.6 Å². The molecular weight excluding hydrogens is 222 g/mol. The van der Waals surface area contributed by atoms with Crippen LogP contribution in [0.1, 0.15) is 31.5 Å². The van der Waals surface area contributed by atoms with E-state index in [1.54, 1.807) is 0 Å². The minimum absolute atomic E-state index is 0.825. The molecule has 0 saturated heterocycles. The van der Waals surface area contributed by atoms with Gasteiger partial charge in [0.15, 0.2) is 0 Å². The molecule has 2 rings (SSSR count). The largest absolute Gasteiger partial charge is 0.379 e. The highest BCUT2D eigenvalue weighted by atomic mass is 15.1. The highest BCUT2D eigenvalue weighted by Crippen LogP contribution is 2.11. The molecule has 0 atom stereocenters. The van der Waals surface area contributed by atoms with Crippen LogP contribution in [0.25, 0.3) is 0 Å². The Bertz CT molecular complexity index is 471. The molecular formula is C15H21N3. The Labute approximate surface area is 109 Å². The van der Waals surface area contributed by atoms with E-state index in [9.17, 15) is 0 Å². The lowest BCUT2D eigenvalue weighted by molar-refractivity contribution is 0.651. The fraction of sp³-hybridized carbons (Fsp3) is 0.400. The molecule has 0 amide bonds. The van der Waals surface area contributed by atoms with Crippen molar-refractivity contribution in [3.63, 3.8) is 0 Å². The number of hydrogen-bond acceptors (Lipinski definition) is 2. The van der Waals surface area contributed by atoms with Gasteiger partial charge < -0.3 is 9.88 Å². The van der Waals surface area contributed by atoms with Crippen molar-refractivity contribution in [2.75, 3.05) is 5.32 Å². The molecule has 0 radical (unpaired) electrons. The lowest BCUT2D eigenvalue weighted by Crippen LogP contribution is -2.06. The van der Waals surface area contributed by atoms with Crippen molar-refractivity contribution in [1.29, 1.82) is 0 Å². The molecule has 96 valence electrons. The van der Waals surface area contributed by atoms with E-state index in [0.29, 0.717) is 0 Å². The van der Waals surface area contributed by atoms with Crippen molar-refractivity contribution in [1.82, 2.24) is 9.55 Å². The molecule has 0 spiro atoms. The second-order valence-electron chi connectivity index (χ2n) is 4.48. The average Bonchev–Trinajstić information content (AvgIpc) is 2.85. The van der Waals surface area contributed by atoms with Crippen LogP contribution in [0.2, 0.25) is 0 Å². The molecule has 1 aromatic heterocycles. The second-order valence-corrected chi connectivity index (χ2v) is 4.48. The maximum atomic E-state index is 4.20. The standard InChI is InChI=1S/C15H21N3/c1-3-9-18-12-16-10-15(18)11-17-14-7-5-13(4-2)6-8-14/h5-8,10,12,17H,3-4,9,11H2,1-2H3. The Balaban J connectivity index is 1.95. The van der Waals surface area contributed by atoms with Gasteiger partial charge in [-0.3, -0.25) is 0 Å². The number of nitrogens with zero attached hydrogens (tertiary/aromatic N) is 2. The zero-order chi connectivity index (χ0) is 12.8. The Morgan fingerprint density at radius 1 is 1.17 bits per heavy atom. The fourth-order valence-electron chi connectivity index (χ4n) is 1.99. The van der Waals surface area contributed by atoms with Crippen molar-refractivity contribution >= 4 is 5.69 Å². The number of aryl methyl sites for hydroxylation is 2. The number of nitrogens with one attached hydrogen (secondary N) is 1. The van der Waals surface area contributed by atoms with Crippen LogP contribution in [0.15, 0.2) is 36.8 Å². The first-order chi connectivity index (χ1) is 8.83. The van der Waals surface area contributed by atoms with E-state index >= 15 is 0 Å². The zero-order valence-electron chi connectivity index (χ0n) is 11.2. The van der Waals surface area contributed by atoms with Gasteiger partial charge in [0.05, 0.1) is 18.6 Å². The van der Waals surface area contributed by atoms with Gasteiger partial charge in [-0.05, 0) is 30.5 Å². The topological polar surface area (TPSA) is 29.9 Å². The van der Waals surface area contributed by atoms with E-state index in [4.69, 9.17) is 0 Å². The molecule has 2 aromatic rings. The average molecular weight is 243 g/mol. The lowest BCUT2D eigenvalue weighted by atomic mass is 10.1. The molecule has 0 unspecified atom stereocenters. The summed E-state index contributed by atoms with van der Waals surface area (Å²) in [6, 6.07) is 8.62. The maximum absolute atomic E-state index is 4.20. The summed E-state index contributed by atoms with van der Waals surface area (Å²) in [5.41, 5.74) is 3.77. The number of imidazole rings is 1. The molecule has 0 saturated carbocycles. The first kappa shape index (κ1) is 12.7. The van der Waals surface area contributed by atoms with Crippen LogP contribution in [0.4, 0.5) is 5.69 Å². The monoisotopic (exact) mass is 243 g/mol. The summed E-state index contributed by atoms with van der Waals surface area (Å²) in [4.78, 5) is 4.20. The first-order valence-corrected chi connectivity index (χ1v) is 6.65. The predicted octanol–water partition coefficient (Wildman–Crippen LogP) is 3.47. The molecule has 1 N–H and O–H groups in total. The molecule has 0 aliphatic heterocycles. The van der Waals surface area contributed by atoms with Gasteiger partial charge in [0.25, 0.3) is 0 Å². The molecule has 0 bridgehead atoms. The van der Waals surface area contributed by atoms with Crippen molar-refractivity contribution in [3.8, 4) is 0 Å². The number of rotatable bonds is 6. The van der Waals surface area contributed by atoms with Crippen LogP contribution in [0.5, 0.6) is 0 Å². The summed E-state index contributed by atoms with van der Waals surface area (Å²) in [6.07, 6.45) is 6.06. The van der Waals surface area contributed by atoms with Crippen LogP contribution in [-0.2, 0) is 19.5 Å². The minimum atomic E-state index is 0.825. The van der Waals surface area contributed by atoms with Crippen LogP contribution in [0.3, 0.4) is 0 Å². The first-order valence-electron chi connectivity index (χ1n) is 6.65. The predicted molar refractivity (Wildman–Crippen MR) is 75.7 cm³/mol. The van der Waals surface area contributed by atoms with Gasteiger partial charge in [0.2, 0.25) is 0 Å². The van der Waals surface area contributed by atoms with Gasteiger partial charge >= 0.3 is 0 Å². The van der Waals surface area contributed by atoms with E-state index in [2.05, 4.69) is 53.0 Å². The molecule has 18 heavy (non-hydrogen) atoms. The second kappa shape index (κ2) is 6.24. The molecule has 0 aliphatic carbocycles. The summed E-state index contributed by atoms with van der Waals surface area (Å²) in [6.45, 7) is 6.21. The third kappa shape index (κ3) is 3.13. The van der Waals surface area contributed by atoms with Crippen LogP contribution in [-0.4, -0.2) is 9.55 Å². The fourth-order valence-corrected chi connectivity index (χ4v) is 1.99. The third-order valence-corrected chi connectivity index (χ3v) is 3.10. The highest BCUT2D eigenvalue weighted by molar-refractivity contribution is 5.44. The normalized spacial score (nSPS) is 10.6. The lowest BCUT2D eigenvalue weighted by Gasteiger charge is -2.09. The number of aromatic nitrogens is 2. The molecule has 1 heterocycles. The Kier molecular flexibility index (Phi) is 4.40. The SMILES string of the molecule is CCCn1cncc1CNc1ccc(CC)cc1. The Morgan fingerprint density at radius 3 is 2.61 bits per heavy atom. The van der Waals surface area contributed by atoms with Gasteiger partial charge in [0.1, 0.15) is 0 Å². The Hall–Kier alpha value is -1.77. The summed E-state index contributed by atoms with van der Waals surface area (Å²) in [5.74, 6) is 0. The van der Waals surface area contributed by atoms with Crippen LogP contribution in [0, 0.1) is 0 Å². The van der Waals surface area contributed by atoms with E-state index < -0.39 is 0 Å². The van der Waals surface area contributed by atoms with Crippen molar-refractivity contribution in [3.05, 3.63) is 48.0 Å². The highest BCUT2D eigenvalue weighted by Gasteiger charge is 2.01. The molecule has 0 aliphatic rings. The smallest absolute Gasteiger partial charge is 0.0948 e. The van der Waals surface area contributed by atoms with Crippen molar-refractivity contribution in [2.24, 2.45) is 0 Å². The van der Waals surface area contributed by atoms with E-state index in [1.807, 2.05) is 12.5 Å². The van der Waals surface area contributed by atoms with Crippen LogP contribution < -0.4 is 5.32 Å². The molecule has 3 nitrogen and oxygen atoms in total. The quantitative estimate of drug-likeness (QED) is 0.842. The van der Waals surface area contributed by atoms with E-state index in [1.165, 1.54) is 11.3 Å². The van der Waals surface area contributed by atoms with Gasteiger partial charge in [-0.15, -0.1) is 0 Å². The van der Waals surface area contributed by atoms with Gasteiger partial charge in [-0.1, -0.05) is 26.0 Å². The number of anilines is 1. The maximum Gasteiger partial charge on any atom is 0.0948 e. The number of hydrogen-bond donors (Lipinski definition) is 1. The van der Waals surface area contributed by atoms with Crippen LogP contribution >= 0.6 is 0 Å². The van der Waals surface area contributed by atoms with E-state index in [-0.39, 0.29) is 0 Å². The van der Waals surface area contributed by atoms with Gasteiger partial charge in [-0.2, -0.15) is 0 Å². The molecule has 0 fully saturated rings. The van der Waals surface area contributed by atoms with Crippen molar-refractivity contribution < 1.29 is 0 Å².